The number of hydrogen-bond donors (Lipinski definition) is 1. The topological polar surface area (TPSA) is 21.3 Å². The van der Waals surface area contributed by atoms with Crippen LogP contribution in [-0.2, 0) is 6.54 Å². The summed E-state index contributed by atoms with van der Waals surface area (Å²) in [5.41, 5.74) is 1.34. The van der Waals surface area contributed by atoms with Gasteiger partial charge >= 0.3 is 0 Å². The van der Waals surface area contributed by atoms with Crippen molar-refractivity contribution in [3.8, 4) is 5.75 Å². The van der Waals surface area contributed by atoms with Crippen molar-refractivity contribution in [3.63, 3.8) is 0 Å². The van der Waals surface area contributed by atoms with Crippen LogP contribution < -0.4 is 10.1 Å². The second-order valence-electron chi connectivity index (χ2n) is 5.51. The summed E-state index contributed by atoms with van der Waals surface area (Å²) >= 11 is 3.52. The third kappa shape index (κ3) is 4.99. The first-order valence-corrected chi connectivity index (χ1v) is 7.33. The molecule has 1 aromatic carbocycles. The number of halogens is 1. The molecule has 0 saturated heterocycles. The Kier molecular flexibility index (Phi) is 5.67. The molecule has 0 atom stereocenters. The first kappa shape index (κ1) is 15.5. The van der Waals surface area contributed by atoms with E-state index in [1.54, 1.807) is 0 Å². The molecule has 0 aliphatic carbocycles. The maximum absolute atomic E-state index is 5.84. The minimum Gasteiger partial charge on any atom is -0.491 e. The fraction of sp³-hybridized carbons (Fsp3) is 0.600. The normalized spacial score (nSPS) is 11.9. The molecule has 0 aliphatic heterocycles. The first-order chi connectivity index (χ1) is 8.34. The Bertz CT molecular complexity index is 388. The number of hydrogen-bond acceptors (Lipinski definition) is 2. The summed E-state index contributed by atoms with van der Waals surface area (Å²) in [4.78, 5) is 0. The number of benzene rings is 1. The third-order valence-corrected chi connectivity index (χ3v) is 3.52. The Morgan fingerprint density at radius 1 is 1.33 bits per heavy atom. The largest absolute Gasteiger partial charge is 0.491 e. The van der Waals surface area contributed by atoms with Crippen molar-refractivity contribution in [3.05, 3.63) is 28.2 Å². The van der Waals surface area contributed by atoms with Crippen LogP contribution in [0.25, 0.3) is 0 Å². The first-order valence-electron chi connectivity index (χ1n) is 6.54. The highest BCUT2D eigenvalue weighted by atomic mass is 79.9. The molecule has 18 heavy (non-hydrogen) atoms. The number of rotatable bonds is 6. The van der Waals surface area contributed by atoms with Gasteiger partial charge in [-0.3, -0.25) is 0 Å². The molecule has 1 rings (SSSR count). The second-order valence-corrected chi connectivity index (χ2v) is 6.43. The second kappa shape index (κ2) is 6.58. The summed E-state index contributed by atoms with van der Waals surface area (Å²) in [5, 5.41) is 3.56. The minimum atomic E-state index is 0.150. The van der Waals surface area contributed by atoms with E-state index >= 15 is 0 Å². The maximum Gasteiger partial charge on any atom is 0.124 e. The van der Waals surface area contributed by atoms with E-state index in [4.69, 9.17) is 4.74 Å². The monoisotopic (exact) mass is 313 g/mol. The molecule has 0 aromatic heterocycles. The van der Waals surface area contributed by atoms with Crippen molar-refractivity contribution < 1.29 is 4.74 Å². The van der Waals surface area contributed by atoms with Gasteiger partial charge in [0.15, 0.2) is 0 Å². The lowest BCUT2D eigenvalue weighted by Crippen LogP contribution is -2.37. The van der Waals surface area contributed by atoms with Crippen LogP contribution in [0.5, 0.6) is 5.75 Å². The zero-order chi connectivity index (χ0) is 13.8. The van der Waals surface area contributed by atoms with E-state index in [1.807, 2.05) is 12.1 Å². The Labute approximate surface area is 119 Å². The number of nitrogens with one attached hydrogen (secondary N) is 1. The summed E-state index contributed by atoms with van der Waals surface area (Å²) < 4.78 is 6.93. The molecule has 0 saturated carbocycles. The molecular formula is C15H24BrNO. The van der Waals surface area contributed by atoms with Crippen molar-refractivity contribution in [2.24, 2.45) is 0 Å². The molecule has 0 unspecified atom stereocenters. The van der Waals surface area contributed by atoms with Gasteiger partial charge in [0.1, 0.15) is 5.75 Å². The molecule has 0 aliphatic rings. The van der Waals surface area contributed by atoms with E-state index in [1.165, 1.54) is 5.56 Å². The Hall–Kier alpha value is -0.540. The predicted molar refractivity (Wildman–Crippen MR) is 81.1 cm³/mol. The van der Waals surface area contributed by atoms with Crippen LogP contribution in [-0.4, -0.2) is 11.6 Å². The van der Waals surface area contributed by atoms with Crippen molar-refractivity contribution in [2.75, 3.05) is 0 Å². The van der Waals surface area contributed by atoms with E-state index in [0.717, 1.165) is 23.2 Å². The fourth-order valence-corrected chi connectivity index (χ4v) is 1.92. The zero-order valence-corrected chi connectivity index (χ0v) is 13.6. The molecule has 1 N–H and O–H groups in total. The van der Waals surface area contributed by atoms with Crippen LogP contribution in [0.1, 0.15) is 46.6 Å². The summed E-state index contributed by atoms with van der Waals surface area (Å²) in [6.07, 6.45) is 1.30. The van der Waals surface area contributed by atoms with Gasteiger partial charge in [-0.05, 0) is 52.3 Å². The molecule has 2 nitrogen and oxygen atoms in total. The minimum absolute atomic E-state index is 0.150. The fourth-order valence-electron chi connectivity index (χ4n) is 1.51. The molecule has 0 radical (unpaired) electrons. The van der Waals surface area contributed by atoms with Crippen LogP contribution in [0.3, 0.4) is 0 Å². The average Bonchev–Trinajstić information content (AvgIpc) is 2.29. The Morgan fingerprint density at radius 3 is 2.56 bits per heavy atom. The molecule has 0 spiro atoms. The van der Waals surface area contributed by atoms with Crippen molar-refractivity contribution in [1.29, 1.82) is 0 Å². The van der Waals surface area contributed by atoms with Gasteiger partial charge in [0, 0.05) is 22.1 Å². The van der Waals surface area contributed by atoms with E-state index < -0.39 is 0 Å². The summed E-state index contributed by atoms with van der Waals surface area (Å²) in [6, 6.07) is 6.17. The average molecular weight is 314 g/mol. The standard InChI is InChI=1S/C15H24BrNO/c1-6-15(4,5)17-10-12-9-13(16)7-8-14(12)18-11(2)3/h7-9,11,17H,6,10H2,1-5H3. The lowest BCUT2D eigenvalue weighted by molar-refractivity contribution is 0.238. The SMILES string of the molecule is CCC(C)(C)NCc1cc(Br)ccc1OC(C)C. The van der Waals surface area contributed by atoms with Crippen LogP contribution in [0.15, 0.2) is 22.7 Å². The van der Waals surface area contributed by atoms with E-state index in [-0.39, 0.29) is 11.6 Å². The van der Waals surface area contributed by atoms with Gasteiger partial charge < -0.3 is 10.1 Å². The van der Waals surface area contributed by atoms with Gasteiger partial charge in [-0.15, -0.1) is 0 Å². The molecule has 0 bridgehead atoms. The molecule has 0 fully saturated rings. The van der Waals surface area contributed by atoms with E-state index in [2.05, 4.69) is 61.9 Å². The zero-order valence-electron chi connectivity index (χ0n) is 12.0. The molecule has 102 valence electrons. The Morgan fingerprint density at radius 2 is 2.00 bits per heavy atom. The highest BCUT2D eigenvalue weighted by molar-refractivity contribution is 9.10. The van der Waals surface area contributed by atoms with Crippen LogP contribution in [0.4, 0.5) is 0 Å². The van der Waals surface area contributed by atoms with Gasteiger partial charge in [0.05, 0.1) is 6.10 Å². The molecule has 3 heteroatoms. The predicted octanol–water partition coefficient (Wildman–Crippen LogP) is 4.51. The highest BCUT2D eigenvalue weighted by Crippen LogP contribution is 2.25. The van der Waals surface area contributed by atoms with Crippen molar-refractivity contribution >= 4 is 15.9 Å². The molecule has 1 aromatic rings. The van der Waals surface area contributed by atoms with Crippen molar-refractivity contribution in [1.82, 2.24) is 5.32 Å². The van der Waals surface area contributed by atoms with Gasteiger partial charge in [-0.1, -0.05) is 22.9 Å². The molecular weight excluding hydrogens is 290 g/mol. The van der Waals surface area contributed by atoms with E-state index in [0.29, 0.717) is 0 Å². The smallest absolute Gasteiger partial charge is 0.124 e. The summed E-state index contributed by atoms with van der Waals surface area (Å²) in [7, 11) is 0. The molecule has 0 heterocycles. The number of ether oxygens (including phenoxy) is 1. The lowest BCUT2D eigenvalue weighted by atomic mass is 10.0. The maximum atomic E-state index is 5.84. The van der Waals surface area contributed by atoms with Crippen LogP contribution in [0.2, 0.25) is 0 Å². The van der Waals surface area contributed by atoms with E-state index in [9.17, 15) is 0 Å². The van der Waals surface area contributed by atoms with Gasteiger partial charge in [0.2, 0.25) is 0 Å². The molecule has 0 amide bonds. The Balaban J connectivity index is 2.82. The van der Waals surface area contributed by atoms with Crippen LogP contribution in [0, 0.1) is 0 Å². The quantitative estimate of drug-likeness (QED) is 0.834. The van der Waals surface area contributed by atoms with Crippen LogP contribution >= 0.6 is 15.9 Å². The summed E-state index contributed by atoms with van der Waals surface area (Å²) in [6.45, 7) is 11.5. The van der Waals surface area contributed by atoms with Gasteiger partial charge in [-0.2, -0.15) is 0 Å². The van der Waals surface area contributed by atoms with Crippen molar-refractivity contribution in [2.45, 2.75) is 59.2 Å². The third-order valence-electron chi connectivity index (χ3n) is 3.03. The van der Waals surface area contributed by atoms with Gasteiger partial charge in [0.25, 0.3) is 0 Å². The lowest BCUT2D eigenvalue weighted by Gasteiger charge is -2.25. The van der Waals surface area contributed by atoms with Gasteiger partial charge in [-0.25, -0.2) is 0 Å². The highest BCUT2D eigenvalue weighted by Gasteiger charge is 2.15. The summed E-state index contributed by atoms with van der Waals surface area (Å²) in [5.74, 6) is 0.965.